The van der Waals surface area contributed by atoms with Crippen LogP contribution in [0.15, 0.2) is 24.3 Å². The Bertz CT molecular complexity index is 456. The molecule has 106 valence electrons. The van der Waals surface area contributed by atoms with E-state index in [1.807, 2.05) is 0 Å². The van der Waals surface area contributed by atoms with Gasteiger partial charge in [0.15, 0.2) is 0 Å². The normalized spacial score (nSPS) is 22.8. The van der Waals surface area contributed by atoms with Crippen molar-refractivity contribution in [1.82, 2.24) is 5.32 Å². The van der Waals surface area contributed by atoms with Gasteiger partial charge in [0, 0.05) is 28.9 Å². The first-order chi connectivity index (χ1) is 9.00. The van der Waals surface area contributed by atoms with E-state index in [0.717, 1.165) is 18.7 Å². The molecule has 0 fully saturated rings. The van der Waals surface area contributed by atoms with Gasteiger partial charge in [0.1, 0.15) is 0 Å². The minimum Gasteiger partial charge on any atom is -0.310 e. The van der Waals surface area contributed by atoms with Crippen LogP contribution in [0.3, 0.4) is 0 Å². The molecule has 2 rings (SSSR count). The Balaban J connectivity index is 2.02. The maximum atomic E-state index is 11.1. The molecule has 0 bridgehead atoms. The van der Waals surface area contributed by atoms with E-state index in [9.17, 15) is 4.21 Å². The summed E-state index contributed by atoms with van der Waals surface area (Å²) in [6.45, 7) is 5.63. The van der Waals surface area contributed by atoms with Gasteiger partial charge in [-0.25, -0.2) is 0 Å². The van der Waals surface area contributed by atoms with Gasteiger partial charge in [0.25, 0.3) is 0 Å². The molecule has 2 nitrogen and oxygen atoms in total. The summed E-state index contributed by atoms with van der Waals surface area (Å²) >= 11 is 0. The topological polar surface area (TPSA) is 29.1 Å². The number of hydrogen-bond acceptors (Lipinski definition) is 2. The van der Waals surface area contributed by atoms with E-state index in [1.54, 1.807) is 6.26 Å². The smallest absolute Gasteiger partial charge is 0.0323 e. The molecule has 2 unspecified atom stereocenters. The van der Waals surface area contributed by atoms with E-state index in [0.29, 0.717) is 11.5 Å². The third-order valence-electron chi connectivity index (χ3n) is 4.12. The summed E-state index contributed by atoms with van der Waals surface area (Å²) in [4.78, 5) is 0. The van der Waals surface area contributed by atoms with Crippen molar-refractivity contribution in [1.29, 1.82) is 0 Å². The first-order valence-corrected chi connectivity index (χ1v) is 8.86. The van der Waals surface area contributed by atoms with Crippen LogP contribution in [0.5, 0.6) is 0 Å². The Kier molecular flexibility index (Phi) is 4.80. The van der Waals surface area contributed by atoms with Crippen LogP contribution in [-0.4, -0.2) is 22.8 Å². The summed E-state index contributed by atoms with van der Waals surface area (Å²) in [6, 6.07) is 9.27. The molecular formula is C16H25NOS. The number of nitrogens with one attached hydrogen (secondary N) is 1. The molecular weight excluding hydrogens is 254 g/mol. The molecule has 0 spiro atoms. The average Bonchev–Trinajstić information content (AvgIpc) is 2.37. The van der Waals surface area contributed by atoms with Crippen LogP contribution >= 0.6 is 0 Å². The highest BCUT2D eigenvalue weighted by Crippen LogP contribution is 2.41. The molecule has 0 amide bonds. The summed E-state index contributed by atoms with van der Waals surface area (Å²) < 4.78 is 11.1. The van der Waals surface area contributed by atoms with E-state index < -0.39 is 10.8 Å². The Hall–Kier alpha value is -0.670. The molecule has 1 aliphatic carbocycles. The van der Waals surface area contributed by atoms with Crippen LogP contribution in [0.4, 0.5) is 0 Å². The molecule has 0 aliphatic heterocycles. The first kappa shape index (κ1) is 14.7. The van der Waals surface area contributed by atoms with Gasteiger partial charge >= 0.3 is 0 Å². The van der Waals surface area contributed by atoms with Crippen molar-refractivity contribution in [2.24, 2.45) is 0 Å². The molecule has 1 aliphatic rings. The van der Waals surface area contributed by atoms with Crippen LogP contribution in [0.1, 0.15) is 50.3 Å². The maximum Gasteiger partial charge on any atom is 0.0323 e. The lowest BCUT2D eigenvalue weighted by Crippen LogP contribution is -2.33. The Morgan fingerprint density at radius 1 is 1.37 bits per heavy atom. The van der Waals surface area contributed by atoms with Gasteiger partial charge in [-0.15, -0.1) is 0 Å². The number of rotatable bonds is 5. The number of hydrogen-bond donors (Lipinski definition) is 1. The van der Waals surface area contributed by atoms with E-state index in [-0.39, 0.29) is 0 Å². The molecule has 1 N–H and O–H groups in total. The molecule has 0 heterocycles. The predicted octanol–water partition coefficient (Wildman–Crippen LogP) is 3.16. The summed E-state index contributed by atoms with van der Waals surface area (Å²) in [5.74, 6) is 0.798. The summed E-state index contributed by atoms with van der Waals surface area (Å²) in [5, 5.41) is 3.64. The second-order valence-electron chi connectivity index (χ2n) is 6.15. The zero-order valence-corrected chi connectivity index (χ0v) is 13.1. The third-order valence-corrected chi connectivity index (χ3v) is 4.99. The molecule has 3 heteroatoms. The monoisotopic (exact) mass is 279 g/mol. The highest BCUT2D eigenvalue weighted by atomic mass is 32.2. The minimum atomic E-state index is -0.670. The Morgan fingerprint density at radius 3 is 2.84 bits per heavy atom. The fraction of sp³-hybridized carbons (Fsp3) is 0.625. The lowest BCUT2D eigenvalue weighted by Gasteiger charge is -2.37. The maximum absolute atomic E-state index is 11.1. The fourth-order valence-corrected chi connectivity index (χ4v) is 3.53. The second kappa shape index (κ2) is 6.19. The summed E-state index contributed by atoms with van der Waals surface area (Å²) in [5.41, 5.74) is 3.23. The van der Waals surface area contributed by atoms with E-state index in [4.69, 9.17) is 0 Å². The molecule has 0 saturated carbocycles. The lowest BCUT2D eigenvalue weighted by molar-refractivity contribution is 0.359. The molecule has 0 aromatic heterocycles. The van der Waals surface area contributed by atoms with Gasteiger partial charge in [-0.05, 0) is 42.3 Å². The molecule has 0 saturated heterocycles. The molecule has 1 aromatic carbocycles. The van der Waals surface area contributed by atoms with Crippen molar-refractivity contribution in [3.05, 3.63) is 35.4 Å². The van der Waals surface area contributed by atoms with Crippen LogP contribution in [-0.2, 0) is 16.2 Å². The van der Waals surface area contributed by atoms with Gasteiger partial charge in [-0.3, -0.25) is 4.21 Å². The van der Waals surface area contributed by atoms with Gasteiger partial charge < -0.3 is 5.32 Å². The van der Waals surface area contributed by atoms with Crippen molar-refractivity contribution in [3.8, 4) is 0 Å². The van der Waals surface area contributed by atoms with Gasteiger partial charge in [-0.1, -0.05) is 38.1 Å². The molecule has 0 radical (unpaired) electrons. The van der Waals surface area contributed by atoms with Gasteiger partial charge in [-0.2, -0.15) is 0 Å². The van der Waals surface area contributed by atoms with E-state index >= 15 is 0 Å². The number of fused-ring (bicyclic) bond motifs is 1. The largest absolute Gasteiger partial charge is 0.310 e. The van der Waals surface area contributed by atoms with Crippen LogP contribution in [0.25, 0.3) is 0 Å². The summed E-state index contributed by atoms with van der Waals surface area (Å²) in [7, 11) is -0.670. The van der Waals surface area contributed by atoms with Gasteiger partial charge in [0.05, 0.1) is 0 Å². The number of benzene rings is 1. The van der Waals surface area contributed by atoms with Crippen molar-refractivity contribution in [2.45, 2.75) is 44.6 Å². The average molecular weight is 279 g/mol. The molecule has 1 aromatic rings. The molecule has 2 atom stereocenters. The fourth-order valence-electron chi connectivity index (χ4n) is 2.98. The zero-order valence-electron chi connectivity index (χ0n) is 12.2. The highest BCUT2D eigenvalue weighted by molar-refractivity contribution is 7.84. The lowest BCUT2D eigenvalue weighted by atomic mass is 9.71. The SMILES string of the molecule is CS(=O)CCCNC1CCC(C)(C)c2ccccc21. The predicted molar refractivity (Wildman–Crippen MR) is 83.0 cm³/mol. The van der Waals surface area contributed by atoms with Crippen LogP contribution in [0, 0.1) is 0 Å². The van der Waals surface area contributed by atoms with Crippen LogP contribution in [0.2, 0.25) is 0 Å². The minimum absolute atomic E-state index is 0.291. The van der Waals surface area contributed by atoms with E-state index in [2.05, 4.69) is 43.4 Å². The quantitative estimate of drug-likeness (QED) is 0.839. The van der Waals surface area contributed by atoms with Gasteiger partial charge in [0.2, 0.25) is 0 Å². The highest BCUT2D eigenvalue weighted by Gasteiger charge is 2.31. The van der Waals surface area contributed by atoms with Crippen molar-refractivity contribution in [2.75, 3.05) is 18.6 Å². The van der Waals surface area contributed by atoms with E-state index in [1.165, 1.54) is 24.0 Å². The second-order valence-corrected chi connectivity index (χ2v) is 7.70. The van der Waals surface area contributed by atoms with Crippen molar-refractivity contribution >= 4 is 10.8 Å². The third kappa shape index (κ3) is 3.67. The standard InChI is InChI=1S/C16H25NOS/c1-16(2)10-9-15(17-11-6-12-19(3)18)13-7-4-5-8-14(13)16/h4-5,7-8,15,17H,6,9-12H2,1-3H3. The molecule has 19 heavy (non-hydrogen) atoms. The first-order valence-electron chi connectivity index (χ1n) is 7.13. The van der Waals surface area contributed by atoms with Crippen LogP contribution < -0.4 is 5.32 Å². The summed E-state index contributed by atoms with van der Waals surface area (Å²) in [6.07, 6.45) is 5.18. The Labute approximate surface area is 119 Å². The zero-order chi connectivity index (χ0) is 13.9. The van der Waals surface area contributed by atoms with Crippen molar-refractivity contribution in [3.63, 3.8) is 0 Å². The Morgan fingerprint density at radius 2 is 2.11 bits per heavy atom. The van der Waals surface area contributed by atoms with Crippen molar-refractivity contribution < 1.29 is 4.21 Å².